The van der Waals surface area contributed by atoms with Gasteiger partial charge in [0, 0.05) is 6.42 Å². The third-order valence-corrected chi connectivity index (χ3v) is 4.33. The third kappa shape index (κ3) is 4.91. The summed E-state index contributed by atoms with van der Waals surface area (Å²) < 4.78 is 18.1. The van der Waals surface area contributed by atoms with Gasteiger partial charge < -0.3 is 10.1 Å². The van der Waals surface area contributed by atoms with E-state index >= 15 is 0 Å². The number of rotatable bonds is 6. The number of methoxy groups -OCH3 is 1. The largest absolute Gasteiger partial charge is 0.467 e. The van der Waals surface area contributed by atoms with E-state index in [1.807, 2.05) is 42.5 Å². The predicted octanol–water partition coefficient (Wildman–Crippen LogP) is 3.42. The Labute approximate surface area is 157 Å². The van der Waals surface area contributed by atoms with E-state index in [2.05, 4.69) is 5.32 Å². The van der Waals surface area contributed by atoms with Crippen LogP contribution in [-0.2, 0) is 27.2 Å². The summed E-state index contributed by atoms with van der Waals surface area (Å²) in [5.41, 5.74) is 1.46. The molecule has 0 heterocycles. The summed E-state index contributed by atoms with van der Waals surface area (Å²) in [6, 6.07) is 18.8. The summed E-state index contributed by atoms with van der Waals surface area (Å²) in [6.07, 6.45) is 0.301. The Kier molecular flexibility index (Phi) is 5.81. The predicted molar refractivity (Wildman–Crippen MR) is 102 cm³/mol. The molecule has 1 amide bonds. The minimum Gasteiger partial charge on any atom is -0.467 e. The molecule has 3 aromatic rings. The molecule has 0 aliphatic carbocycles. The molecule has 0 fully saturated rings. The number of hydrogen-bond acceptors (Lipinski definition) is 3. The van der Waals surface area contributed by atoms with Gasteiger partial charge in [-0.3, -0.25) is 4.79 Å². The Morgan fingerprint density at radius 3 is 2.48 bits per heavy atom. The number of halogens is 1. The fourth-order valence-corrected chi connectivity index (χ4v) is 3.01. The molecule has 27 heavy (non-hydrogen) atoms. The van der Waals surface area contributed by atoms with Gasteiger partial charge in [-0.2, -0.15) is 0 Å². The lowest BCUT2D eigenvalue weighted by Gasteiger charge is -2.17. The Bertz CT molecular complexity index is 970. The summed E-state index contributed by atoms with van der Waals surface area (Å²) in [5.74, 6) is -1.28. The van der Waals surface area contributed by atoms with Crippen molar-refractivity contribution in [2.24, 2.45) is 0 Å². The quantitative estimate of drug-likeness (QED) is 0.681. The average Bonchev–Trinajstić information content (AvgIpc) is 2.66. The van der Waals surface area contributed by atoms with Crippen LogP contribution in [0.25, 0.3) is 10.8 Å². The Balaban J connectivity index is 1.72. The van der Waals surface area contributed by atoms with Gasteiger partial charge in [-0.1, -0.05) is 54.6 Å². The number of ether oxygens (including phenoxy) is 1. The number of carbonyl (C=O) groups excluding carboxylic acids is 2. The van der Waals surface area contributed by atoms with Crippen LogP contribution in [-0.4, -0.2) is 25.0 Å². The van der Waals surface area contributed by atoms with E-state index < -0.39 is 17.8 Å². The first kappa shape index (κ1) is 18.6. The molecule has 1 atom stereocenters. The molecule has 0 aliphatic heterocycles. The zero-order valence-corrected chi connectivity index (χ0v) is 14.9. The maximum Gasteiger partial charge on any atom is 0.328 e. The molecular formula is C22H20FNO3. The summed E-state index contributed by atoms with van der Waals surface area (Å²) in [6.45, 7) is 0. The van der Waals surface area contributed by atoms with Crippen molar-refractivity contribution < 1.29 is 18.7 Å². The second kappa shape index (κ2) is 8.45. The average molecular weight is 365 g/mol. The molecule has 0 aromatic heterocycles. The number of fused-ring (bicyclic) bond motifs is 1. The van der Waals surface area contributed by atoms with Gasteiger partial charge in [0.2, 0.25) is 5.91 Å². The Morgan fingerprint density at radius 1 is 0.963 bits per heavy atom. The SMILES string of the molecule is COC(=O)[C@H](Cc1ccc2ccccc2c1)NC(=O)Cc1cccc(F)c1. The lowest BCUT2D eigenvalue weighted by molar-refractivity contribution is -0.145. The zero-order valence-electron chi connectivity index (χ0n) is 14.9. The monoisotopic (exact) mass is 365 g/mol. The van der Waals surface area contributed by atoms with Crippen LogP contribution in [0.1, 0.15) is 11.1 Å². The van der Waals surface area contributed by atoms with Crippen LogP contribution in [0, 0.1) is 5.82 Å². The van der Waals surface area contributed by atoms with Gasteiger partial charge in [0.05, 0.1) is 13.5 Å². The number of benzene rings is 3. The van der Waals surface area contributed by atoms with E-state index in [0.717, 1.165) is 16.3 Å². The fourth-order valence-electron chi connectivity index (χ4n) is 3.01. The molecule has 5 heteroatoms. The van der Waals surface area contributed by atoms with Gasteiger partial charge in [-0.25, -0.2) is 9.18 Å². The first-order chi connectivity index (χ1) is 13.0. The molecule has 1 N–H and O–H groups in total. The minimum absolute atomic E-state index is 0.0109. The first-order valence-electron chi connectivity index (χ1n) is 8.64. The highest BCUT2D eigenvalue weighted by molar-refractivity contribution is 5.86. The highest BCUT2D eigenvalue weighted by Gasteiger charge is 2.22. The second-order valence-corrected chi connectivity index (χ2v) is 6.34. The highest BCUT2D eigenvalue weighted by atomic mass is 19.1. The third-order valence-electron chi connectivity index (χ3n) is 4.33. The summed E-state index contributed by atoms with van der Waals surface area (Å²) in [4.78, 5) is 24.4. The molecule has 4 nitrogen and oxygen atoms in total. The highest BCUT2D eigenvalue weighted by Crippen LogP contribution is 2.17. The van der Waals surface area contributed by atoms with Crippen molar-refractivity contribution in [1.29, 1.82) is 0 Å². The zero-order chi connectivity index (χ0) is 19.2. The molecular weight excluding hydrogens is 345 g/mol. The smallest absolute Gasteiger partial charge is 0.328 e. The number of nitrogens with one attached hydrogen (secondary N) is 1. The van der Waals surface area contributed by atoms with Crippen LogP contribution in [0.5, 0.6) is 0 Å². The minimum atomic E-state index is -0.808. The van der Waals surface area contributed by atoms with E-state index in [0.29, 0.717) is 12.0 Å². The van der Waals surface area contributed by atoms with E-state index in [9.17, 15) is 14.0 Å². The number of carbonyl (C=O) groups is 2. The lowest BCUT2D eigenvalue weighted by Crippen LogP contribution is -2.43. The maximum atomic E-state index is 13.3. The second-order valence-electron chi connectivity index (χ2n) is 6.34. The number of esters is 1. The van der Waals surface area contributed by atoms with Crippen LogP contribution >= 0.6 is 0 Å². The molecule has 3 rings (SSSR count). The Hall–Kier alpha value is -3.21. The van der Waals surface area contributed by atoms with Crippen LogP contribution in [0.3, 0.4) is 0 Å². The topological polar surface area (TPSA) is 55.4 Å². The molecule has 0 unspecified atom stereocenters. The van der Waals surface area contributed by atoms with E-state index in [4.69, 9.17) is 4.74 Å². The van der Waals surface area contributed by atoms with Gasteiger partial charge >= 0.3 is 5.97 Å². The van der Waals surface area contributed by atoms with E-state index in [-0.39, 0.29) is 12.3 Å². The van der Waals surface area contributed by atoms with Crippen molar-refractivity contribution >= 4 is 22.6 Å². The molecule has 0 aliphatic rings. The van der Waals surface area contributed by atoms with Crippen molar-refractivity contribution in [3.8, 4) is 0 Å². The van der Waals surface area contributed by atoms with Crippen molar-refractivity contribution in [1.82, 2.24) is 5.32 Å². The summed E-state index contributed by atoms with van der Waals surface area (Å²) >= 11 is 0. The van der Waals surface area contributed by atoms with Crippen molar-refractivity contribution in [3.63, 3.8) is 0 Å². The van der Waals surface area contributed by atoms with Crippen LogP contribution in [0.2, 0.25) is 0 Å². The number of hydrogen-bond donors (Lipinski definition) is 1. The van der Waals surface area contributed by atoms with Gasteiger partial charge in [0.1, 0.15) is 11.9 Å². The van der Waals surface area contributed by atoms with Gasteiger partial charge in [-0.15, -0.1) is 0 Å². The molecule has 138 valence electrons. The molecule has 0 saturated carbocycles. The maximum absolute atomic E-state index is 13.3. The summed E-state index contributed by atoms with van der Waals surface area (Å²) in [7, 11) is 1.29. The van der Waals surface area contributed by atoms with Crippen molar-refractivity contribution in [2.45, 2.75) is 18.9 Å². The van der Waals surface area contributed by atoms with Crippen molar-refractivity contribution in [3.05, 3.63) is 83.7 Å². The molecule has 0 saturated heterocycles. The molecule has 0 radical (unpaired) electrons. The summed E-state index contributed by atoms with van der Waals surface area (Å²) in [5, 5.41) is 4.86. The van der Waals surface area contributed by atoms with E-state index in [1.165, 1.54) is 19.2 Å². The molecule has 0 spiro atoms. The van der Waals surface area contributed by atoms with Crippen LogP contribution in [0.4, 0.5) is 4.39 Å². The first-order valence-corrected chi connectivity index (χ1v) is 8.64. The van der Waals surface area contributed by atoms with Gasteiger partial charge in [0.25, 0.3) is 0 Å². The van der Waals surface area contributed by atoms with Gasteiger partial charge in [-0.05, 0) is 34.0 Å². The molecule has 0 bridgehead atoms. The lowest BCUT2D eigenvalue weighted by atomic mass is 10.0. The van der Waals surface area contributed by atoms with E-state index in [1.54, 1.807) is 12.1 Å². The molecule has 3 aromatic carbocycles. The Morgan fingerprint density at radius 2 is 1.74 bits per heavy atom. The standard InChI is InChI=1S/C22H20FNO3/c1-27-22(26)20(24-21(25)14-15-5-4-8-19(23)12-15)13-16-9-10-17-6-2-3-7-18(17)11-16/h2-12,20H,13-14H2,1H3,(H,24,25)/t20-/m0/s1. The van der Waals surface area contributed by atoms with Crippen LogP contribution < -0.4 is 5.32 Å². The fraction of sp³-hybridized carbons (Fsp3) is 0.182. The van der Waals surface area contributed by atoms with Crippen LogP contribution in [0.15, 0.2) is 66.7 Å². The van der Waals surface area contributed by atoms with Crippen molar-refractivity contribution in [2.75, 3.05) is 7.11 Å². The number of amides is 1. The van der Waals surface area contributed by atoms with Gasteiger partial charge in [0.15, 0.2) is 0 Å². The normalized spacial score (nSPS) is 11.8.